The van der Waals surface area contributed by atoms with Crippen molar-refractivity contribution >= 4 is 0 Å². The number of nitrogens with zero attached hydrogens (tertiary/aromatic N) is 2. The average molecular weight is 235 g/mol. The van der Waals surface area contributed by atoms with Gasteiger partial charge in [0, 0.05) is 31.3 Å². The van der Waals surface area contributed by atoms with E-state index in [0.717, 1.165) is 19.5 Å². The lowest BCUT2D eigenvalue weighted by Crippen LogP contribution is -2.19. The summed E-state index contributed by atoms with van der Waals surface area (Å²) in [5.41, 5.74) is 2.51. The Kier molecular flexibility index (Phi) is 5.42. The van der Waals surface area contributed by atoms with Crippen LogP contribution in [0, 0.1) is 5.92 Å². The number of aryl methyl sites for hydroxylation is 1. The van der Waals surface area contributed by atoms with Gasteiger partial charge in [0.05, 0.1) is 5.69 Å². The number of allylic oxidation sites excluding steroid dienone is 1. The van der Waals surface area contributed by atoms with Gasteiger partial charge in [-0.25, -0.2) is 0 Å². The predicted octanol–water partition coefficient (Wildman–Crippen LogP) is 2.85. The highest BCUT2D eigenvalue weighted by Gasteiger charge is 2.13. The van der Waals surface area contributed by atoms with Crippen LogP contribution in [0.2, 0.25) is 0 Å². The molecule has 0 aromatic carbocycles. The van der Waals surface area contributed by atoms with Crippen LogP contribution in [0.4, 0.5) is 0 Å². The average Bonchev–Trinajstić information content (AvgIpc) is 2.59. The Bertz CT molecular complexity index is 352. The molecule has 1 aromatic heterocycles. The van der Waals surface area contributed by atoms with Gasteiger partial charge in [-0.2, -0.15) is 5.10 Å². The molecule has 1 heterocycles. The number of aromatic nitrogens is 2. The third-order valence-electron chi connectivity index (χ3n) is 2.79. The normalized spacial score (nSPS) is 13.0. The van der Waals surface area contributed by atoms with Crippen LogP contribution in [0.25, 0.3) is 0 Å². The topological polar surface area (TPSA) is 29.9 Å². The summed E-state index contributed by atoms with van der Waals surface area (Å²) in [7, 11) is 1.98. The van der Waals surface area contributed by atoms with Crippen LogP contribution < -0.4 is 5.32 Å². The standard InChI is InChI=1S/C14H25N3/c1-6-7-12(4)14-13(10-17(5)16-14)9-15-8-11(2)3/h6,10-12,15H,1,7-9H2,2-5H3. The summed E-state index contributed by atoms with van der Waals surface area (Å²) in [5, 5.41) is 8.03. The molecule has 0 bridgehead atoms. The summed E-state index contributed by atoms with van der Waals surface area (Å²) in [5.74, 6) is 1.13. The van der Waals surface area contributed by atoms with Crippen molar-refractivity contribution in [2.45, 2.75) is 39.7 Å². The fourth-order valence-corrected chi connectivity index (χ4v) is 1.96. The van der Waals surface area contributed by atoms with Crippen LogP contribution in [-0.2, 0) is 13.6 Å². The quantitative estimate of drug-likeness (QED) is 0.737. The van der Waals surface area contributed by atoms with Gasteiger partial charge in [0.25, 0.3) is 0 Å². The van der Waals surface area contributed by atoms with Crippen molar-refractivity contribution < 1.29 is 0 Å². The zero-order valence-electron chi connectivity index (χ0n) is 11.5. The number of hydrogen-bond donors (Lipinski definition) is 1. The first-order valence-corrected chi connectivity index (χ1v) is 6.38. The molecular weight excluding hydrogens is 210 g/mol. The van der Waals surface area contributed by atoms with E-state index in [4.69, 9.17) is 0 Å². The van der Waals surface area contributed by atoms with Gasteiger partial charge in [0.15, 0.2) is 0 Å². The minimum atomic E-state index is 0.449. The van der Waals surface area contributed by atoms with Crippen LogP contribution in [-0.4, -0.2) is 16.3 Å². The number of nitrogens with one attached hydrogen (secondary N) is 1. The van der Waals surface area contributed by atoms with Gasteiger partial charge in [-0.3, -0.25) is 4.68 Å². The summed E-state index contributed by atoms with van der Waals surface area (Å²) in [6, 6.07) is 0. The maximum Gasteiger partial charge on any atom is 0.0700 e. The van der Waals surface area contributed by atoms with Crippen molar-refractivity contribution in [2.75, 3.05) is 6.54 Å². The highest BCUT2D eigenvalue weighted by atomic mass is 15.3. The van der Waals surface area contributed by atoms with Crippen LogP contribution in [0.15, 0.2) is 18.9 Å². The van der Waals surface area contributed by atoms with Crippen LogP contribution in [0.5, 0.6) is 0 Å². The van der Waals surface area contributed by atoms with E-state index in [2.05, 4.69) is 44.0 Å². The smallest absolute Gasteiger partial charge is 0.0700 e. The van der Waals surface area contributed by atoms with Gasteiger partial charge in [-0.15, -0.1) is 6.58 Å². The van der Waals surface area contributed by atoms with E-state index in [1.54, 1.807) is 0 Å². The van der Waals surface area contributed by atoms with E-state index in [9.17, 15) is 0 Å². The van der Waals surface area contributed by atoms with Crippen molar-refractivity contribution in [1.29, 1.82) is 0 Å². The lowest BCUT2D eigenvalue weighted by atomic mass is 10.0. The van der Waals surface area contributed by atoms with Gasteiger partial charge < -0.3 is 5.32 Å². The van der Waals surface area contributed by atoms with Gasteiger partial charge >= 0.3 is 0 Å². The Morgan fingerprint density at radius 3 is 2.76 bits per heavy atom. The Labute approximate surface area is 105 Å². The van der Waals surface area contributed by atoms with Gasteiger partial charge in [-0.05, 0) is 18.9 Å². The molecule has 1 rings (SSSR count). The van der Waals surface area contributed by atoms with Crippen molar-refractivity contribution in [2.24, 2.45) is 13.0 Å². The fraction of sp³-hybridized carbons (Fsp3) is 0.643. The summed E-state index contributed by atoms with van der Waals surface area (Å²) in [4.78, 5) is 0. The molecule has 3 nitrogen and oxygen atoms in total. The minimum Gasteiger partial charge on any atom is -0.312 e. The number of rotatable bonds is 7. The van der Waals surface area contributed by atoms with Crippen molar-refractivity contribution in [3.05, 3.63) is 30.1 Å². The molecule has 1 aromatic rings. The third kappa shape index (κ3) is 4.35. The SMILES string of the molecule is C=CCC(C)c1nn(C)cc1CNCC(C)C. The Morgan fingerprint density at radius 2 is 2.18 bits per heavy atom. The molecule has 0 radical (unpaired) electrons. The summed E-state index contributed by atoms with van der Waals surface area (Å²) in [6.07, 6.45) is 5.06. The summed E-state index contributed by atoms with van der Waals surface area (Å²) in [6.45, 7) is 12.4. The maximum atomic E-state index is 4.56. The van der Waals surface area contributed by atoms with Crippen molar-refractivity contribution in [1.82, 2.24) is 15.1 Å². The molecule has 1 N–H and O–H groups in total. The van der Waals surface area contributed by atoms with E-state index in [-0.39, 0.29) is 0 Å². The Hall–Kier alpha value is -1.09. The zero-order valence-corrected chi connectivity index (χ0v) is 11.5. The molecule has 0 aliphatic rings. The Morgan fingerprint density at radius 1 is 1.47 bits per heavy atom. The van der Waals surface area contributed by atoms with Gasteiger partial charge in [0.2, 0.25) is 0 Å². The molecule has 0 spiro atoms. The van der Waals surface area contributed by atoms with E-state index in [0.29, 0.717) is 11.8 Å². The third-order valence-corrected chi connectivity index (χ3v) is 2.79. The molecule has 0 fully saturated rings. The van der Waals surface area contributed by atoms with Crippen LogP contribution >= 0.6 is 0 Å². The molecule has 1 unspecified atom stereocenters. The van der Waals surface area contributed by atoms with E-state index < -0.39 is 0 Å². The summed E-state index contributed by atoms with van der Waals surface area (Å²) >= 11 is 0. The lowest BCUT2D eigenvalue weighted by molar-refractivity contribution is 0.549. The number of hydrogen-bond acceptors (Lipinski definition) is 2. The molecule has 17 heavy (non-hydrogen) atoms. The largest absolute Gasteiger partial charge is 0.312 e. The minimum absolute atomic E-state index is 0.449. The second-order valence-corrected chi connectivity index (χ2v) is 5.16. The molecule has 0 amide bonds. The monoisotopic (exact) mass is 235 g/mol. The Balaban J connectivity index is 2.66. The van der Waals surface area contributed by atoms with Crippen LogP contribution in [0.3, 0.4) is 0 Å². The fourth-order valence-electron chi connectivity index (χ4n) is 1.96. The van der Waals surface area contributed by atoms with Gasteiger partial charge in [0.1, 0.15) is 0 Å². The lowest BCUT2D eigenvalue weighted by Gasteiger charge is -2.10. The molecule has 0 aliphatic heterocycles. The van der Waals surface area contributed by atoms with Crippen molar-refractivity contribution in [3.8, 4) is 0 Å². The van der Waals surface area contributed by atoms with Crippen LogP contribution in [0.1, 0.15) is 44.4 Å². The second kappa shape index (κ2) is 6.60. The highest BCUT2D eigenvalue weighted by molar-refractivity contribution is 5.21. The first kappa shape index (κ1) is 14.0. The second-order valence-electron chi connectivity index (χ2n) is 5.16. The highest BCUT2D eigenvalue weighted by Crippen LogP contribution is 2.21. The van der Waals surface area contributed by atoms with Crippen molar-refractivity contribution in [3.63, 3.8) is 0 Å². The van der Waals surface area contributed by atoms with E-state index in [1.807, 2.05) is 17.8 Å². The maximum absolute atomic E-state index is 4.56. The van der Waals surface area contributed by atoms with E-state index >= 15 is 0 Å². The molecule has 0 aliphatic carbocycles. The zero-order chi connectivity index (χ0) is 12.8. The molecular formula is C14H25N3. The first-order chi connectivity index (χ1) is 8.04. The summed E-state index contributed by atoms with van der Waals surface area (Å²) < 4.78 is 1.90. The first-order valence-electron chi connectivity index (χ1n) is 6.38. The molecule has 0 saturated heterocycles. The molecule has 1 atom stereocenters. The predicted molar refractivity (Wildman–Crippen MR) is 73.0 cm³/mol. The molecule has 96 valence electrons. The van der Waals surface area contributed by atoms with Gasteiger partial charge in [-0.1, -0.05) is 26.8 Å². The van der Waals surface area contributed by atoms with E-state index in [1.165, 1.54) is 11.3 Å². The molecule has 0 saturated carbocycles. The molecule has 3 heteroatoms.